The SMILES string of the molecule is NCC(=O)O.c1ccc2ncccc2c1. The molecule has 0 bridgehead atoms. The molecule has 0 unspecified atom stereocenters. The number of carboxylic acid groups (broad SMARTS) is 1. The molecule has 0 aliphatic carbocycles. The molecule has 1 heterocycles. The van der Waals surface area contributed by atoms with Gasteiger partial charge in [0, 0.05) is 11.6 Å². The molecule has 4 heteroatoms. The zero-order valence-electron chi connectivity index (χ0n) is 8.13. The molecule has 1 aromatic carbocycles. The Morgan fingerprint density at radius 1 is 1.27 bits per heavy atom. The molecular weight excluding hydrogens is 192 g/mol. The third-order valence-corrected chi connectivity index (χ3v) is 1.69. The second kappa shape index (κ2) is 5.72. The van der Waals surface area contributed by atoms with Crippen LogP contribution in [0.1, 0.15) is 0 Å². The summed E-state index contributed by atoms with van der Waals surface area (Å²) in [7, 11) is 0. The van der Waals surface area contributed by atoms with E-state index in [1.807, 2.05) is 30.5 Å². The molecule has 15 heavy (non-hydrogen) atoms. The van der Waals surface area contributed by atoms with Crippen LogP contribution in [0.2, 0.25) is 0 Å². The first-order chi connectivity index (χ1) is 7.24. The van der Waals surface area contributed by atoms with E-state index in [0.717, 1.165) is 5.52 Å². The van der Waals surface area contributed by atoms with Gasteiger partial charge in [-0.15, -0.1) is 0 Å². The molecule has 0 aliphatic heterocycles. The van der Waals surface area contributed by atoms with Crippen LogP contribution in [0.25, 0.3) is 10.9 Å². The van der Waals surface area contributed by atoms with Gasteiger partial charge in [0.2, 0.25) is 0 Å². The van der Waals surface area contributed by atoms with E-state index in [9.17, 15) is 4.79 Å². The molecule has 4 nitrogen and oxygen atoms in total. The Morgan fingerprint density at radius 2 is 1.87 bits per heavy atom. The Morgan fingerprint density at radius 3 is 2.47 bits per heavy atom. The predicted octanol–water partition coefficient (Wildman–Crippen LogP) is 1.26. The van der Waals surface area contributed by atoms with Crippen LogP contribution in [0.4, 0.5) is 0 Å². The van der Waals surface area contributed by atoms with Crippen molar-refractivity contribution in [3.8, 4) is 0 Å². The number of rotatable bonds is 1. The maximum absolute atomic E-state index is 9.24. The predicted molar refractivity (Wildman–Crippen MR) is 58.4 cm³/mol. The second-order valence-electron chi connectivity index (χ2n) is 2.79. The first-order valence-corrected chi connectivity index (χ1v) is 4.45. The van der Waals surface area contributed by atoms with Crippen molar-refractivity contribution in [2.24, 2.45) is 5.73 Å². The Kier molecular flexibility index (Phi) is 4.25. The van der Waals surface area contributed by atoms with Crippen LogP contribution in [-0.4, -0.2) is 22.6 Å². The number of para-hydroxylation sites is 1. The summed E-state index contributed by atoms with van der Waals surface area (Å²) >= 11 is 0. The zero-order chi connectivity index (χ0) is 11.1. The maximum Gasteiger partial charge on any atom is 0.317 e. The number of hydrogen-bond acceptors (Lipinski definition) is 3. The number of hydrogen-bond donors (Lipinski definition) is 2. The zero-order valence-corrected chi connectivity index (χ0v) is 8.13. The lowest BCUT2D eigenvalue weighted by atomic mass is 10.2. The van der Waals surface area contributed by atoms with E-state index < -0.39 is 5.97 Å². The van der Waals surface area contributed by atoms with Crippen LogP contribution < -0.4 is 5.73 Å². The summed E-state index contributed by atoms with van der Waals surface area (Å²) in [6.45, 7) is -0.278. The molecule has 2 rings (SSSR count). The van der Waals surface area contributed by atoms with Gasteiger partial charge in [-0.25, -0.2) is 0 Å². The van der Waals surface area contributed by atoms with E-state index in [0.29, 0.717) is 0 Å². The van der Waals surface area contributed by atoms with Gasteiger partial charge >= 0.3 is 5.97 Å². The van der Waals surface area contributed by atoms with Crippen molar-refractivity contribution in [1.82, 2.24) is 4.98 Å². The topological polar surface area (TPSA) is 76.2 Å². The highest BCUT2D eigenvalue weighted by Crippen LogP contribution is 2.07. The summed E-state index contributed by atoms with van der Waals surface area (Å²) in [5.74, 6) is -0.968. The van der Waals surface area contributed by atoms with Crippen LogP contribution in [0.15, 0.2) is 42.6 Å². The summed E-state index contributed by atoms with van der Waals surface area (Å²) in [5.41, 5.74) is 5.63. The summed E-state index contributed by atoms with van der Waals surface area (Å²) in [5, 5.41) is 8.80. The van der Waals surface area contributed by atoms with Crippen LogP contribution in [0.3, 0.4) is 0 Å². The average molecular weight is 204 g/mol. The van der Waals surface area contributed by atoms with Gasteiger partial charge in [0.15, 0.2) is 0 Å². The Balaban J connectivity index is 0.000000195. The third kappa shape index (κ3) is 3.74. The molecule has 1 aromatic heterocycles. The largest absolute Gasteiger partial charge is 0.480 e. The van der Waals surface area contributed by atoms with Gasteiger partial charge in [0.1, 0.15) is 0 Å². The fraction of sp³-hybridized carbons (Fsp3) is 0.0909. The number of fused-ring (bicyclic) bond motifs is 1. The number of carboxylic acids is 1. The highest BCUT2D eigenvalue weighted by Gasteiger charge is 1.86. The quantitative estimate of drug-likeness (QED) is 0.733. The number of carbonyl (C=O) groups is 1. The normalized spacial score (nSPS) is 9.13. The smallest absolute Gasteiger partial charge is 0.317 e. The van der Waals surface area contributed by atoms with Crippen molar-refractivity contribution in [3.63, 3.8) is 0 Å². The molecule has 0 fully saturated rings. The molecule has 0 amide bonds. The number of benzene rings is 1. The monoisotopic (exact) mass is 204 g/mol. The third-order valence-electron chi connectivity index (χ3n) is 1.69. The van der Waals surface area contributed by atoms with Gasteiger partial charge < -0.3 is 10.8 Å². The van der Waals surface area contributed by atoms with E-state index in [4.69, 9.17) is 5.11 Å². The summed E-state index contributed by atoms with van der Waals surface area (Å²) in [6, 6.07) is 12.1. The van der Waals surface area contributed by atoms with Crippen molar-refractivity contribution in [2.75, 3.05) is 6.54 Å². The van der Waals surface area contributed by atoms with Crippen molar-refractivity contribution in [3.05, 3.63) is 42.6 Å². The van der Waals surface area contributed by atoms with Gasteiger partial charge in [-0.2, -0.15) is 0 Å². The lowest BCUT2D eigenvalue weighted by molar-refractivity contribution is -0.135. The molecule has 0 saturated heterocycles. The lowest BCUT2D eigenvalue weighted by Gasteiger charge is -1.91. The molecular formula is C11H12N2O2. The highest BCUT2D eigenvalue weighted by molar-refractivity contribution is 5.77. The number of aromatic nitrogens is 1. The van der Waals surface area contributed by atoms with E-state index >= 15 is 0 Å². The highest BCUT2D eigenvalue weighted by atomic mass is 16.4. The maximum atomic E-state index is 9.24. The molecule has 0 spiro atoms. The minimum atomic E-state index is -0.968. The second-order valence-corrected chi connectivity index (χ2v) is 2.79. The fourth-order valence-electron chi connectivity index (χ4n) is 1.02. The molecule has 2 aromatic rings. The Labute approximate surface area is 87.4 Å². The van der Waals surface area contributed by atoms with E-state index in [2.05, 4.69) is 22.9 Å². The molecule has 78 valence electrons. The lowest BCUT2D eigenvalue weighted by Crippen LogP contribution is -2.10. The summed E-state index contributed by atoms with van der Waals surface area (Å²) < 4.78 is 0. The van der Waals surface area contributed by atoms with E-state index in [-0.39, 0.29) is 6.54 Å². The van der Waals surface area contributed by atoms with Gasteiger partial charge in [-0.1, -0.05) is 24.3 Å². The van der Waals surface area contributed by atoms with Crippen molar-refractivity contribution in [1.29, 1.82) is 0 Å². The van der Waals surface area contributed by atoms with Crippen LogP contribution in [0, 0.1) is 0 Å². The Hall–Kier alpha value is -1.94. The van der Waals surface area contributed by atoms with Crippen LogP contribution in [0.5, 0.6) is 0 Å². The first kappa shape index (κ1) is 11.1. The molecule has 0 atom stereocenters. The van der Waals surface area contributed by atoms with Crippen LogP contribution >= 0.6 is 0 Å². The molecule has 3 N–H and O–H groups in total. The summed E-state index contributed by atoms with van der Waals surface area (Å²) in [6.07, 6.45) is 1.81. The first-order valence-electron chi connectivity index (χ1n) is 4.45. The van der Waals surface area contributed by atoms with Crippen LogP contribution in [-0.2, 0) is 4.79 Å². The number of aliphatic carboxylic acids is 1. The number of pyridine rings is 1. The van der Waals surface area contributed by atoms with Gasteiger partial charge in [0.05, 0.1) is 12.1 Å². The average Bonchev–Trinajstić information content (AvgIpc) is 2.30. The minimum Gasteiger partial charge on any atom is -0.480 e. The molecule has 0 saturated carbocycles. The van der Waals surface area contributed by atoms with Gasteiger partial charge in [-0.3, -0.25) is 9.78 Å². The Bertz CT molecular complexity index is 378. The minimum absolute atomic E-state index is 0.278. The van der Waals surface area contributed by atoms with Crippen molar-refractivity contribution < 1.29 is 9.90 Å². The van der Waals surface area contributed by atoms with Gasteiger partial charge in [-0.05, 0) is 12.1 Å². The molecule has 0 aliphatic rings. The fourth-order valence-corrected chi connectivity index (χ4v) is 1.02. The van der Waals surface area contributed by atoms with Crippen molar-refractivity contribution in [2.45, 2.75) is 0 Å². The van der Waals surface area contributed by atoms with Crippen molar-refractivity contribution >= 4 is 16.9 Å². The number of nitrogens with zero attached hydrogens (tertiary/aromatic N) is 1. The standard InChI is InChI=1S/C9H7N.C2H5NO2/c1-2-6-9-8(4-1)5-3-7-10-9;3-1-2(4)5/h1-7H;1,3H2,(H,4,5). The van der Waals surface area contributed by atoms with E-state index in [1.165, 1.54) is 5.39 Å². The molecule has 0 radical (unpaired) electrons. The number of nitrogens with two attached hydrogens (primary N) is 1. The van der Waals surface area contributed by atoms with E-state index in [1.54, 1.807) is 0 Å². The summed E-state index contributed by atoms with van der Waals surface area (Å²) in [4.78, 5) is 13.4. The van der Waals surface area contributed by atoms with Gasteiger partial charge in [0.25, 0.3) is 0 Å².